The minimum absolute atomic E-state index is 0.0533. The molecular weight excluding hydrogens is 390 g/mol. The molecule has 1 aliphatic heterocycles. The van der Waals surface area contributed by atoms with E-state index in [9.17, 15) is 13.2 Å². The number of sulfonamides is 1. The summed E-state index contributed by atoms with van der Waals surface area (Å²) in [4.78, 5) is 16.3. The summed E-state index contributed by atoms with van der Waals surface area (Å²) in [6.45, 7) is 1.48. The highest BCUT2D eigenvalue weighted by molar-refractivity contribution is 7.89. The van der Waals surface area contributed by atoms with Crippen molar-refractivity contribution in [3.8, 4) is 0 Å². The van der Waals surface area contributed by atoms with Gasteiger partial charge in [0.2, 0.25) is 10.0 Å². The summed E-state index contributed by atoms with van der Waals surface area (Å²) in [5.74, 6) is -0.332. The molecule has 6 nitrogen and oxygen atoms in total. The number of amides is 1. The Morgan fingerprint density at radius 2 is 1.96 bits per heavy atom. The number of hydrogen-bond donors (Lipinski definition) is 1. The number of thiophene rings is 2. The Labute approximate surface area is 162 Å². The molecule has 2 aromatic rings. The van der Waals surface area contributed by atoms with Crippen molar-refractivity contribution in [1.82, 2.24) is 14.5 Å². The molecule has 1 aliphatic rings. The molecule has 1 N–H and O–H groups in total. The van der Waals surface area contributed by atoms with Crippen LogP contribution in [0.1, 0.15) is 33.4 Å². The number of carbonyl (C=O) groups excluding carboxylic acids is 1. The monoisotopic (exact) mass is 413 g/mol. The lowest BCUT2D eigenvalue weighted by molar-refractivity contribution is 0.0943. The highest BCUT2D eigenvalue weighted by atomic mass is 32.2. The summed E-state index contributed by atoms with van der Waals surface area (Å²) < 4.78 is 27.1. The summed E-state index contributed by atoms with van der Waals surface area (Å²) in [5.41, 5.74) is 0. The summed E-state index contributed by atoms with van der Waals surface area (Å²) in [7, 11) is 0.332. The minimum Gasteiger partial charge on any atom is -0.349 e. The van der Waals surface area contributed by atoms with Gasteiger partial charge in [0.15, 0.2) is 0 Å². The van der Waals surface area contributed by atoms with E-state index in [1.54, 1.807) is 16.7 Å². The van der Waals surface area contributed by atoms with Crippen molar-refractivity contribution in [1.29, 1.82) is 0 Å². The maximum absolute atomic E-state index is 12.8. The number of carbonyl (C=O) groups is 1. The molecule has 1 amide bonds. The quantitative estimate of drug-likeness (QED) is 0.758. The van der Waals surface area contributed by atoms with Gasteiger partial charge in [-0.3, -0.25) is 4.79 Å². The van der Waals surface area contributed by atoms with Gasteiger partial charge in [-0.05, 0) is 49.8 Å². The Bertz CT molecular complexity index is 838. The van der Waals surface area contributed by atoms with Crippen LogP contribution in [0.5, 0.6) is 0 Å². The topological polar surface area (TPSA) is 69.7 Å². The Hall–Kier alpha value is -1.26. The maximum atomic E-state index is 12.8. The van der Waals surface area contributed by atoms with E-state index in [1.165, 1.54) is 21.7 Å². The molecule has 142 valence electrons. The molecule has 0 radical (unpaired) electrons. The molecule has 26 heavy (non-hydrogen) atoms. The van der Waals surface area contributed by atoms with Crippen LogP contribution in [-0.4, -0.2) is 57.3 Å². The van der Waals surface area contributed by atoms with E-state index in [-0.39, 0.29) is 21.7 Å². The lowest BCUT2D eigenvalue weighted by Gasteiger charge is -2.23. The average molecular weight is 414 g/mol. The van der Waals surface area contributed by atoms with E-state index in [0.717, 1.165) is 17.7 Å². The summed E-state index contributed by atoms with van der Waals surface area (Å²) in [6.07, 6.45) is 1.74. The molecule has 0 aliphatic carbocycles. The predicted molar refractivity (Wildman–Crippen MR) is 105 cm³/mol. The Morgan fingerprint density at radius 1 is 1.23 bits per heavy atom. The number of likely N-dealkylation sites (N-methyl/N-ethyl adjacent to an activating group) is 1. The minimum atomic E-state index is -3.59. The second-order valence-corrected chi connectivity index (χ2v) is 10.2. The molecule has 0 saturated carbocycles. The summed E-state index contributed by atoms with van der Waals surface area (Å²) in [5, 5.41) is 6.59. The van der Waals surface area contributed by atoms with Crippen molar-refractivity contribution in [2.45, 2.75) is 23.8 Å². The standard InChI is InChI=1S/C17H23N3O3S3/c1-19(2)13(14-6-5-10-24-14)12-18-17(21)16-15(7-11-25-16)26(22,23)20-8-3-4-9-20/h5-7,10-11,13H,3-4,8-9,12H2,1-2H3,(H,18,21). The zero-order chi connectivity index (χ0) is 18.7. The van der Waals surface area contributed by atoms with Gasteiger partial charge < -0.3 is 10.2 Å². The van der Waals surface area contributed by atoms with Crippen LogP contribution in [0.25, 0.3) is 0 Å². The van der Waals surface area contributed by atoms with E-state index in [2.05, 4.69) is 5.32 Å². The first-order valence-corrected chi connectivity index (χ1v) is 11.7. The number of nitrogens with one attached hydrogen (secondary N) is 1. The van der Waals surface area contributed by atoms with Gasteiger partial charge in [0.05, 0.1) is 6.04 Å². The molecule has 0 aromatic carbocycles. The van der Waals surface area contributed by atoms with E-state index in [1.807, 2.05) is 36.5 Å². The van der Waals surface area contributed by atoms with Crippen molar-refractivity contribution in [2.75, 3.05) is 33.7 Å². The third-order valence-corrected chi connectivity index (χ3v) is 8.43. The van der Waals surface area contributed by atoms with Crippen LogP contribution in [0.15, 0.2) is 33.9 Å². The van der Waals surface area contributed by atoms with Crippen molar-refractivity contribution < 1.29 is 13.2 Å². The lowest BCUT2D eigenvalue weighted by Crippen LogP contribution is -2.35. The first-order valence-electron chi connectivity index (χ1n) is 8.47. The van der Waals surface area contributed by atoms with Gasteiger partial charge in [0.1, 0.15) is 9.77 Å². The molecule has 3 heterocycles. The maximum Gasteiger partial charge on any atom is 0.262 e. The SMILES string of the molecule is CN(C)C(CNC(=O)c1sccc1S(=O)(=O)N1CCCC1)c1cccs1. The van der Waals surface area contributed by atoms with Gasteiger partial charge >= 0.3 is 0 Å². The average Bonchev–Trinajstić information content (AvgIpc) is 3.34. The van der Waals surface area contributed by atoms with E-state index < -0.39 is 10.0 Å². The highest BCUT2D eigenvalue weighted by Crippen LogP contribution is 2.28. The lowest BCUT2D eigenvalue weighted by atomic mass is 10.2. The highest BCUT2D eigenvalue weighted by Gasteiger charge is 2.32. The fourth-order valence-electron chi connectivity index (χ4n) is 3.02. The zero-order valence-corrected chi connectivity index (χ0v) is 17.3. The molecular formula is C17H23N3O3S3. The molecule has 3 rings (SSSR count). The molecule has 1 fully saturated rings. The van der Waals surface area contributed by atoms with Crippen LogP contribution in [0.2, 0.25) is 0 Å². The normalized spacial score (nSPS) is 16.9. The molecule has 1 saturated heterocycles. The van der Waals surface area contributed by atoms with Crippen molar-refractivity contribution in [3.05, 3.63) is 38.7 Å². The Morgan fingerprint density at radius 3 is 2.58 bits per heavy atom. The molecule has 2 aromatic heterocycles. The fourth-order valence-corrected chi connectivity index (χ4v) is 6.78. The number of hydrogen-bond acceptors (Lipinski definition) is 6. The third kappa shape index (κ3) is 4.01. The van der Waals surface area contributed by atoms with Crippen LogP contribution in [0, 0.1) is 0 Å². The molecule has 0 bridgehead atoms. The van der Waals surface area contributed by atoms with Gasteiger partial charge in [0.25, 0.3) is 5.91 Å². The largest absolute Gasteiger partial charge is 0.349 e. The van der Waals surface area contributed by atoms with Crippen molar-refractivity contribution in [3.63, 3.8) is 0 Å². The number of nitrogens with zero attached hydrogens (tertiary/aromatic N) is 2. The smallest absolute Gasteiger partial charge is 0.262 e. The number of rotatable bonds is 7. The van der Waals surface area contributed by atoms with Crippen molar-refractivity contribution >= 4 is 38.6 Å². The van der Waals surface area contributed by atoms with Crippen LogP contribution in [-0.2, 0) is 10.0 Å². The fraction of sp³-hybridized carbons (Fsp3) is 0.471. The van der Waals surface area contributed by atoms with Gasteiger partial charge in [-0.15, -0.1) is 22.7 Å². The Balaban J connectivity index is 1.74. The second-order valence-electron chi connectivity index (χ2n) is 6.43. The molecule has 1 atom stereocenters. The first kappa shape index (κ1) is 19.5. The van der Waals surface area contributed by atoms with Crippen molar-refractivity contribution in [2.24, 2.45) is 0 Å². The molecule has 9 heteroatoms. The van der Waals surface area contributed by atoms with Crippen LogP contribution in [0.3, 0.4) is 0 Å². The Kier molecular flexibility index (Phi) is 6.13. The molecule has 0 spiro atoms. The van der Waals surface area contributed by atoms with Gasteiger partial charge in [-0.2, -0.15) is 4.31 Å². The zero-order valence-electron chi connectivity index (χ0n) is 14.8. The van der Waals surface area contributed by atoms with E-state index in [0.29, 0.717) is 19.6 Å². The van der Waals surface area contributed by atoms with E-state index in [4.69, 9.17) is 0 Å². The third-order valence-electron chi connectivity index (χ3n) is 4.47. The second kappa shape index (κ2) is 8.18. The van der Waals surface area contributed by atoms with Crippen LogP contribution < -0.4 is 5.32 Å². The van der Waals surface area contributed by atoms with E-state index >= 15 is 0 Å². The summed E-state index contributed by atoms with van der Waals surface area (Å²) >= 11 is 2.81. The van der Waals surface area contributed by atoms with Crippen LogP contribution in [0.4, 0.5) is 0 Å². The van der Waals surface area contributed by atoms with Gasteiger partial charge in [0, 0.05) is 24.5 Å². The molecule has 1 unspecified atom stereocenters. The van der Waals surface area contributed by atoms with Crippen LogP contribution >= 0.6 is 22.7 Å². The predicted octanol–water partition coefficient (Wildman–Crippen LogP) is 2.63. The summed E-state index contributed by atoms with van der Waals surface area (Å²) in [6, 6.07) is 5.61. The van der Waals surface area contributed by atoms with Gasteiger partial charge in [-0.1, -0.05) is 6.07 Å². The first-order chi connectivity index (χ1) is 12.4. The van der Waals surface area contributed by atoms with Gasteiger partial charge in [-0.25, -0.2) is 8.42 Å².